The van der Waals surface area contributed by atoms with Gasteiger partial charge in [0.2, 0.25) is 0 Å². The Hall–Kier alpha value is -0.570. The summed E-state index contributed by atoms with van der Waals surface area (Å²) in [6, 6.07) is 0. The average Bonchev–Trinajstić information content (AvgIpc) is 2.40. The molecule has 0 saturated carbocycles. The summed E-state index contributed by atoms with van der Waals surface area (Å²) in [7, 11) is 0. The minimum atomic E-state index is -0.662. The van der Waals surface area contributed by atoms with Crippen molar-refractivity contribution >= 4 is 5.97 Å². The lowest BCUT2D eigenvalue weighted by Crippen LogP contribution is -2.27. The van der Waals surface area contributed by atoms with E-state index >= 15 is 0 Å². The summed E-state index contributed by atoms with van der Waals surface area (Å²) in [6.07, 6.45) is -0.0514. The first-order chi connectivity index (χ1) is 4.97. The molecule has 11 heavy (non-hydrogen) atoms. The molecule has 3 heteroatoms. The summed E-state index contributed by atoms with van der Waals surface area (Å²) >= 11 is 0. The summed E-state index contributed by atoms with van der Waals surface area (Å²) in [5, 5.41) is 0. The summed E-state index contributed by atoms with van der Waals surface area (Å²) in [5.74, 6) is -0.250. The molecule has 0 aromatic carbocycles. The molecule has 0 spiro atoms. The highest BCUT2D eigenvalue weighted by molar-refractivity contribution is 5.82. The van der Waals surface area contributed by atoms with E-state index in [2.05, 4.69) is 0 Å². The lowest BCUT2D eigenvalue weighted by molar-refractivity contribution is -0.153. The molecule has 2 atom stereocenters. The van der Waals surface area contributed by atoms with Crippen molar-refractivity contribution in [3.05, 3.63) is 0 Å². The molecule has 64 valence electrons. The fourth-order valence-corrected chi connectivity index (χ4v) is 0.878. The van der Waals surface area contributed by atoms with Crippen LogP contribution in [-0.4, -0.2) is 23.8 Å². The Balaban J connectivity index is 2.43. The van der Waals surface area contributed by atoms with Gasteiger partial charge in [-0.15, -0.1) is 0 Å². The van der Waals surface area contributed by atoms with Crippen LogP contribution in [0, 0.1) is 0 Å². The lowest BCUT2D eigenvalue weighted by atomic mass is 10.1. The van der Waals surface area contributed by atoms with Gasteiger partial charge in [0.1, 0.15) is 0 Å². The minimum Gasteiger partial charge on any atom is -0.461 e. The Labute approximate surface area is 66.7 Å². The standard InChI is InChI=1S/C8H14O3/c1-5(2)10-7(9)8(4)6(3)11-8/h5-6H,1-4H3. The topological polar surface area (TPSA) is 38.8 Å². The van der Waals surface area contributed by atoms with Crippen LogP contribution in [0.2, 0.25) is 0 Å². The van der Waals surface area contributed by atoms with E-state index in [1.165, 1.54) is 0 Å². The summed E-state index contributed by atoms with van der Waals surface area (Å²) < 4.78 is 10.1. The van der Waals surface area contributed by atoms with E-state index in [1.807, 2.05) is 20.8 Å². The number of rotatable bonds is 2. The van der Waals surface area contributed by atoms with Crippen molar-refractivity contribution in [2.75, 3.05) is 0 Å². The van der Waals surface area contributed by atoms with E-state index in [4.69, 9.17) is 9.47 Å². The van der Waals surface area contributed by atoms with Gasteiger partial charge in [-0.25, -0.2) is 4.79 Å². The molecule has 1 heterocycles. The van der Waals surface area contributed by atoms with Gasteiger partial charge < -0.3 is 9.47 Å². The maximum absolute atomic E-state index is 11.2. The van der Waals surface area contributed by atoms with Gasteiger partial charge in [-0.1, -0.05) is 0 Å². The van der Waals surface area contributed by atoms with E-state index in [0.717, 1.165) is 0 Å². The van der Waals surface area contributed by atoms with Crippen molar-refractivity contribution in [3.63, 3.8) is 0 Å². The van der Waals surface area contributed by atoms with Crippen LogP contribution in [0.25, 0.3) is 0 Å². The highest BCUT2D eigenvalue weighted by atomic mass is 16.7. The zero-order valence-corrected chi connectivity index (χ0v) is 7.38. The number of carbonyl (C=O) groups excluding carboxylic acids is 1. The summed E-state index contributed by atoms with van der Waals surface area (Å²) in [5.41, 5.74) is -0.662. The van der Waals surface area contributed by atoms with Crippen LogP contribution in [0.5, 0.6) is 0 Å². The van der Waals surface area contributed by atoms with E-state index in [1.54, 1.807) is 6.92 Å². The molecule has 1 rings (SSSR count). The third-order valence-corrected chi connectivity index (χ3v) is 1.89. The van der Waals surface area contributed by atoms with Gasteiger partial charge in [0, 0.05) is 0 Å². The van der Waals surface area contributed by atoms with Gasteiger partial charge in [0.05, 0.1) is 12.2 Å². The van der Waals surface area contributed by atoms with Gasteiger partial charge >= 0.3 is 5.97 Å². The van der Waals surface area contributed by atoms with Crippen molar-refractivity contribution in [2.24, 2.45) is 0 Å². The Morgan fingerprint density at radius 1 is 1.64 bits per heavy atom. The van der Waals surface area contributed by atoms with Crippen molar-refractivity contribution in [3.8, 4) is 0 Å². The monoisotopic (exact) mass is 158 g/mol. The van der Waals surface area contributed by atoms with Crippen molar-refractivity contribution in [1.29, 1.82) is 0 Å². The van der Waals surface area contributed by atoms with E-state index < -0.39 is 5.60 Å². The predicted octanol–water partition coefficient (Wildman–Crippen LogP) is 1.12. The van der Waals surface area contributed by atoms with Gasteiger partial charge in [-0.05, 0) is 27.7 Å². The third kappa shape index (κ3) is 1.53. The molecular formula is C8H14O3. The quantitative estimate of drug-likeness (QED) is 0.446. The third-order valence-electron chi connectivity index (χ3n) is 1.89. The number of esters is 1. The molecule has 0 bridgehead atoms. The van der Waals surface area contributed by atoms with Crippen LogP contribution >= 0.6 is 0 Å². The highest BCUT2D eigenvalue weighted by Gasteiger charge is 2.57. The van der Waals surface area contributed by atoms with Crippen LogP contribution in [0.1, 0.15) is 27.7 Å². The molecule has 0 amide bonds. The number of carbonyl (C=O) groups is 1. The van der Waals surface area contributed by atoms with Crippen LogP contribution in [0.3, 0.4) is 0 Å². The zero-order chi connectivity index (χ0) is 8.65. The number of epoxide rings is 1. The molecule has 2 unspecified atom stereocenters. The summed E-state index contributed by atoms with van der Waals surface area (Å²) in [6.45, 7) is 7.27. The molecule has 0 aromatic heterocycles. The maximum atomic E-state index is 11.2. The van der Waals surface area contributed by atoms with E-state index in [9.17, 15) is 4.79 Å². The van der Waals surface area contributed by atoms with E-state index in [-0.39, 0.29) is 18.2 Å². The van der Waals surface area contributed by atoms with E-state index in [0.29, 0.717) is 0 Å². The molecule has 1 saturated heterocycles. The van der Waals surface area contributed by atoms with Crippen LogP contribution < -0.4 is 0 Å². The number of ether oxygens (including phenoxy) is 2. The minimum absolute atomic E-state index is 0.00810. The van der Waals surface area contributed by atoms with Gasteiger partial charge in [0.15, 0.2) is 5.60 Å². The second-order valence-corrected chi connectivity index (χ2v) is 3.32. The predicted molar refractivity (Wildman–Crippen MR) is 40.2 cm³/mol. The Bertz CT molecular complexity index is 176. The fraction of sp³-hybridized carbons (Fsp3) is 0.875. The summed E-state index contributed by atoms with van der Waals surface area (Å²) in [4.78, 5) is 11.2. The largest absolute Gasteiger partial charge is 0.461 e. The van der Waals surface area contributed by atoms with Gasteiger partial charge in [-0.2, -0.15) is 0 Å². The second-order valence-electron chi connectivity index (χ2n) is 3.32. The van der Waals surface area contributed by atoms with Crippen LogP contribution in [-0.2, 0) is 14.3 Å². The molecule has 0 N–H and O–H groups in total. The number of hydrogen-bond acceptors (Lipinski definition) is 3. The smallest absolute Gasteiger partial charge is 0.341 e. The molecule has 0 aromatic rings. The van der Waals surface area contributed by atoms with Gasteiger partial charge in [-0.3, -0.25) is 0 Å². The Kier molecular flexibility index (Phi) is 1.92. The first-order valence-corrected chi connectivity index (χ1v) is 3.85. The average molecular weight is 158 g/mol. The SMILES string of the molecule is CC(C)OC(=O)C1(C)OC1C. The van der Waals surface area contributed by atoms with Crippen molar-refractivity contribution in [1.82, 2.24) is 0 Å². The zero-order valence-electron chi connectivity index (χ0n) is 7.38. The van der Waals surface area contributed by atoms with Crippen molar-refractivity contribution < 1.29 is 14.3 Å². The molecule has 1 aliphatic heterocycles. The van der Waals surface area contributed by atoms with Crippen molar-refractivity contribution in [2.45, 2.75) is 45.5 Å². The molecule has 3 nitrogen and oxygen atoms in total. The first-order valence-electron chi connectivity index (χ1n) is 3.85. The molecular weight excluding hydrogens is 144 g/mol. The molecule has 1 aliphatic rings. The van der Waals surface area contributed by atoms with Crippen LogP contribution in [0.15, 0.2) is 0 Å². The molecule has 0 radical (unpaired) electrons. The number of hydrogen-bond donors (Lipinski definition) is 0. The maximum Gasteiger partial charge on any atom is 0.341 e. The Morgan fingerprint density at radius 3 is 2.36 bits per heavy atom. The first kappa shape index (κ1) is 8.53. The lowest BCUT2D eigenvalue weighted by Gasteiger charge is -2.09. The van der Waals surface area contributed by atoms with Gasteiger partial charge in [0.25, 0.3) is 0 Å². The molecule has 0 aliphatic carbocycles. The highest BCUT2D eigenvalue weighted by Crippen LogP contribution is 2.36. The Morgan fingerprint density at radius 2 is 2.09 bits per heavy atom. The van der Waals surface area contributed by atoms with Crippen LogP contribution in [0.4, 0.5) is 0 Å². The fourth-order valence-electron chi connectivity index (χ4n) is 0.878. The molecule has 1 fully saturated rings. The normalized spacial score (nSPS) is 35.5. The second kappa shape index (κ2) is 2.48.